The Balaban J connectivity index is 1.33. The van der Waals surface area contributed by atoms with Crippen LogP contribution < -0.4 is 0 Å². The first-order valence-corrected chi connectivity index (χ1v) is 19.2. The molecule has 4 heteroatoms. The van der Waals surface area contributed by atoms with Gasteiger partial charge in [0.05, 0.1) is 10.8 Å². The van der Waals surface area contributed by atoms with Gasteiger partial charge in [-0.25, -0.2) is 0 Å². The SMILES string of the molecule is Brc1ccc2c(c1)C1(c3ccccc3-c3cc4c(cc31)-c1ccccc1C41c3cc(Br)ccc3-c3ccc(Br)cc31)c1cc(Br)ccc1-2. The van der Waals surface area contributed by atoms with Gasteiger partial charge in [0.2, 0.25) is 0 Å². The predicted molar refractivity (Wildman–Crippen MR) is 210 cm³/mol. The largest absolute Gasteiger partial charge is 0.0726 e. The number of fused-ring (bicyclic) bond motifs is 20. The van der Waals surface area contributed by atoms with Crippen LogP contribution in [-0.2, 0) is 10.8 Å². The van der Waals surface area contributed by atoms with Gasteiger partial charge in [0.15, 0.2) is 0 Å². The Labute approximate surface area is 312 Å². The first kappa shape index (κ1) is 28.3. The van der Waals surface area contributed by atoms with Crippen LogP contribution in [0.4, 0.5) is 0 Å². The summed E-state index contributed by atoms with van der Waals surface area (Å²) < 4.78 is 4.39. The van der Waals surface area contributed by atoms with E-state index in [4.69, 9.17) is 0 Å². The number of hydrogen-bond donors (Lipinski definition) is 0. The van der Waals surface area contributed by atoms with Crippen molar-refractivity contribution in [2.75, 3.05) is 0 Å². The summed E-state index contributed by atoms with van der Waals surface area (Å²) in [7, 11) is 0. The highest BCUT2D eigenvalue weighted by molar-refractivity contribution is 9.11. The normalized spacial score (nSPS) is 15.4. The van der Waals surface area contributed by atoms with Gasteiger partial charge in [0, 0.05) is 17.9 Å². The van der Waals surface area contributed by atoms with E-state index in [2.05, 4.69) is 197 Å². The van der Waals surface area contributed by atoms with E-state index in [0.29, 0.717) is 0 Å². The van der Waals surface area contributed by atoms with Gasteiger partial charge in [-0.2, -0.15) is 0 Å². The lowest BCUT2D eigenvalue weighted by Crippen LogP contribution is -2.27. The molecule has 0 saturated heterocycles. The highest BCUT2D eigenvalue weighted by Gasteiger charge is 2.56. The zero-order valence-electron chi connectivity index (χ0n) is 25.2. The van der Waals surface area contributed by atoms with Crippen molar-refractivity contribution in [2.24, 2.45) is 0 Å². The highest BCUT2D eigenvalue weighted by atomic mass is 79.9. The Bertz CT molecular complexity index is 2340. The molecule has 11 rings (SSSR count). The molecule has 226 valence electrons. The van der Waals surface area contributed by atoms with Gasteiger partial charge in [-0.1, -0.05) is 137 Å². The fourth-order valence-corrected chi connectivity index (χ4v) is 11.2. The van der Waals surface area contributed by atoms with Gasteiger partial charge in [-0.3, -0.25) is 0 Å². The third kappa shape index (κ3) is 3.22. The second-order valence-corrected chi connectivity index (χ2v) is 17.0. The van der Waals surface area contributed by atoms with Gasteiger partial charge in [-0.15, -0.1) is 0 Å². The van der Waals surface area contributed by atoms with Crippen molar-refractivity contribution in [2.45, 2.75) is 10.8 Å². The average Bonchev–Trinajstić information content (AvgIpc) is 3.75. The van der Waals surface area contributed by atoms with Gasteiger partial charge >= 0.3 is 0 Å². The molecule has 7 aromatic rings. The van der Waals surface area contributed by atoms with Crippen LogP contribution in [0.15, 0.2) is 151 Å². The van der Waals surface area contributed by atoms with Gasteiger partial charge in [0.25, 0.3) is 0 Å². The molecular formula is C44H22Br4. The van der Waals surface area contributed by atoms with E-state index in [9.17, 15) is 0 Å². The Morgan fingerprint density at radius 1 is 0.250 bits per heavy atom. The maximum atomic E-state index is 3.87. The minimum atomic E-state index is -0.443. The van der Waals surface area contributed by atoms with E-state index < -0.39 is 10.8 Å². The molecule has 0 atom stereocenters. The molecule has 0 N–H and O–H groups in total. The first-order valence-electron chi connectivity index (χ1n) is 16.0. The topological polar surface area (TPSA) is 0 Å². The van der Waals surface area contributed by atoms with E-state index in [1.807, 2.05) is 0 Å². The summed E-state index contributed by atoms with van der Waals surface area (Å²) in [5, 5.41) is 0. The van der Waals surface area contributed by atoms with Crippen LogP contribution in [0.5, 0.6) is 0 Å². The molecule has 0 aliphatic heterocycles. The molecule has 0 radical (unpaired) electrons. The third-order valence-electron chi connectivity index (χ3n) is 11.3. The molecule has 0 amide bonds. The minimum Gasteiger partial charge on any atom is -0.0619 e. The first-order chi connectivity index (χ1) is 23.4. The maximum Gasteiger partial charge on any atom is 0.0726 e. The van der Waals surface area contributed by atoms with E-state index in [1.165, 1.54) is 89.0 Å². The molecule has 0 aromatic heterocycles. The van der Waals surface area contributed by atoms with Crippen molar-refractivity contribution < 1.29 is 0 Å². The Kier molecular flexibility index (Phi) is 5.65. The summed E-state index contributed by atoms with van der Waals surface area (Å²) in [6.45, 7) is 0. The van der Waals surface area contributed by atoms with Crippen molar-refractivity contribution >= 4 is 63.7 Å². The van der Waals surface area contributed by atoms with Crippen LogP contribution >= 0.6 is 63.7 Å². The molecule has 0 unspecified atom stereocenters. The highest BCUT2D eigenvalue weighted by Crippen LogP contribution is 2.68. The Morgan fingerprint density at radius 3 is 0.854 bits per heavy atom. The molecule has 0 nitrogen and oxygen atoms in total. The zero-order valence-corrected chi connectivity index (χ0v) is 31.6. The van der Waals surface area contributed by atoms with E-state index in [0.717, 1.165) is 17.9 Å². The fraction of sp³-hybridized carbons (Fsp3) is 0.0455. The Morgan fingerprint density at radius 2 is 0.521 bits per heavy atom. The lowest BCUT2D eigenvalue weighted by atomic mass is 9.68. The van der Waals surface area contributed by atoms with E-state index in [1.54, 1.807) is 0 Å². The molecule has 0 bridgehead atoms. The summed E-state index contributed by atoms with van der Waals surface area (Å²) in [6, 6.07) is 50.7. The quantitative estimate of drug-likeness (QED) is 0.142. The molecule has 2 spiro atoms. The molecule has 4 aliphatic rings. The Hall–Kier alpha value is -3.54. The standard InChI is InChI=1S/C44H22Br4/c45-23-9-13-29-30-14-10-24(46)18-38(30)43(37(29)17-23)35-7-3-1-5-27(35)33-21-42-34(22-41(33)43)28-6-2-4-8-36(28)44(42)39-19-25(47)11-15-31(39)32-16-12-26(48)20-40(32)44/h1-22H. The second kappa shape index (κ2) is 9.57. The minimum absolute atomic E-state index is 0.443. The van der Waals surface area contributed by atoms with Crippen LogP contribution in [0.1, 0.15) is 44.5 Å². The van der Waals surface area contributed by atoms with E-state index in [-0.39, 0.29) is 0 Å². The summed E-state index contributed by atoms with van der Waals surface area (Å²) >= 11 is 15.5. The predicted octanol–water partition coefficient (Wildman–Crippen LogP) is 13.4. The smallest absolute Gasteiger partial charge is 0.0619 e. The van der Waals surface area contributed by atoms with Crippen LogP contribution in [0.2, 0.25) is 0 Å². The third-order valence-corrected chi connectivity index (χ3v) is 13.3. The molecule has 48 heavy (non-hydrogen) atoms. The van der Waals surface area contributed by atoms with Crippen LogP contribution in [0, 0.1) is 0 Å². The van der Waals surface area contributed by atoms with Gasteiger partial charge in [-0.05, 0) is 150 Å². The number of benzene rings is 7. The molecule has 0 fully saturated rings. The average molecular weight is 870 g/mol. The molecule has 4 aliphatic carbocycles. The van der Waals surface area contributed by atoms with Crippen molar-refractivity contribution in [3.05, 3.63) is 196 Å². The monoisotopic (exact) mass is 866 g/mol. The fourth-order valence-electron chi connectivity index (χ4n) is 9.74. The lowest BCUT2D eigenvalue weighted by molar-refractivity contribution is 0.782. The van der Waals surface area contributed by atoms with Crippen LogP contribution in [0.25, 0.3) is 44.5 Å². The maximum absolute atomic E-state index is 3.87. The number of hydrogen-bond acceptors (Lipinski definition) is 0. The van der Waals surface area contributed by atoms with E-state index >= 15 is 0 Å². The summed E-state index contributed by atoms with van der Waals surface area (Å²) in [5.41, 5.74) is 20.3. The summed E-state index contributed by atoms with van der Waals surface area (Å²) in [4.78, 5) is 0. The molecular weight excluding hydrogens is 848 g/mol. The number of halogens is 4. The lowest BCUT2D eigenvalue weighted by Gasteiger charge is -2.32. The summed E-state index contributed by atoms with van der Waals surface area (Å²) in [6.07, 6.45) is 0. The zero-order chi connectivity index (χ0) is 32.1. The van der Waals surface area contributed by atoms with Crippen LogP contribution in [-0.4, -0.2) is 0 Å². The van der Waals surface area contributed by atoms with Gasteiger partial charge < -0.3 is 0 Å². The van der Waals surface area contributed by atoms with Crippen LogP contribution in [0.3, 0.4) is 0 Å². The molecule has 0 saturated carbocycles. The second-order valence-electron chi connectivity index (χ2n) is 13.3. The van der Waals surface area contributed by atoms with Crippen molar-refractivity contribution in [3.63, 3.8) is 0 Å². The van der Waals surface area contributed by atoms with Crippen molar-refractivity contribution in [3.8, 4) is 44.5 Å². The molecule has 0 heterocycles. The van der Waals surface area contributed by atoms with Crippen molar-refractivity contribution in [1.82, 2.24) is 0 Å². The van der Waals surface area contributed by atoms with Gasteiger partial charge in [0.1, 0.15) is 0 Å². The number of rotatable bonds is 0. The molecule has 7 aromatic carbocycles. The summed E-state index contributed by atoms with van der Waals surface area (Å²) in [5.74, 6) is 0. The van der Waals surface area contributed by atoms with Crippen molar-refractivity contribution in [1.29, 1.82) is 0 Å².